The van der Waals surface area contributed by atoms with Crippen molar-refractivity contribution in [2.75, 3.05) is 6.61 Å². The Hall–Kier alpha value is -3.41. The predicted octanol–water partition coefficient (Wildman–Crippen LogP) is 2.84. The van der Waals surface area contributed by atoms with Crippen LogP contribution in [0.25, 0.3) is 11.1 Å². The third-order valence-electron chi connectivity index (χ3n) is 4.57. The first-order valence-electron chi connectivity index (χ1n) is 7.93. The van der Waals surface area contributed by atoms with Crippen LogP contribution in [0, 0.1) is 0 Å². The quantitative estimate of drug-likeness (QED) is 0.742. The Labute approximate surface area is 144 Å². The van der Waals surface area contributed by atoms with Gasteiger partial charge >= 0.3 is 0 Å². The van der Waals surface area contributed by atoms with E-state index in [0.29, 0.717) is 18.2 Å². The van der Waals surface area contributed by atoms with E-state index in [1.165, 1.54) is 0 Å². The number of amidine groups is 1. The van der Waals surface area contributed by atoms with Gasteiger partial charge in [-0.1, -0.05) is 12.1 Å². The van der Waals surface area contributed by atoms with Crippen LogP contribution in [0.1, 0.15) is 11.1 Å². The zero-order chi connectivity index (χ0) is 16.9. The highest BCUT2D eigenvalue weighted by Gasteiger charge is 2.47. The van der Waals surface area contributed by atoms with Crippen molar-refractivity contribution >= 4 is 6.02 Å². The first-order valence-corrected chi connectivity index (χ1v) is 7.93. The van der Waals surface area contributed by atoms with Crippen molar-refractivity contribution in [1.82, 2.24) is 9.97 Å². The van der Waals surface area contributed by atoms with E-state index in [1.54, 1.807) is 12.4 Å². The number of ether oxygens (including phenoxy) is 2. The average molecular weight is 330 g/mol. The highest BCUT2D eigenvalue weighted by atomic mass is 16.5. The van der Waals surface area contributed by atoms with Crippen molar-refractivity contribution in [2.45, 2.75) is 5.54 Å². The van der Waals surface area contributed by atoms with Crippen molar-refractivity contribution in [3.05, 3.63) is 72.2 Å². The molecule has 5 rings (SSSR count). The van der Waals surface area contributed by atoms with Gasteiger partial charge in [-0.25, -0.2) is 9.98 Å². The molecule has 0 radical (unpaired) electrons. The SMILES string of the molecule is NC1=N[C@@]2(CO1)c1cc(-c3cccnc3)ccc1Oc1ncccc12. The van der Waals surface area contributed by atoms with Gasteiger partial charge in [0.2, 0.25) is 5.88 Å². The van der Waals surface area contributed by atoms with Gasteiger partial charge in [-0.3, -0.25) is 4.98 Å². The Kier molecular flexibility index (Phi) is 2.82. The fourth-order valence-electron chi connectivity index (χ4n) is 3.40. The second-order valence-corrected chi connectivity index (χ2v) is 6.01. The van der Waals surface area contributed by atoms with Crippen molar-refractivity contribution in [3.8, 4) is 22.8 Å². The molecular formula is C19H14N4O2. The molecule has 2 N–H and O–H groups in total. The van der Waals surface area contributed by atoms with Gasteiger partial charge in [-0.15, -0.1) is 0 Å². The van der Waals surface area contributed by atoms with Gasteiger partial charge in [0.15, 0.2) is 5.54 Å². The molecule has 2 aromatic heterocycles. The summed E-state index contributed by atoms with van der Waals surface area (Å²) in [7, 11) is 0. The molecule has 6 nitrogen and oxygen atoms in total. The van der Waals surface area contributed by atoms with Crippen molar-refractivity contribution in [2.24, 2.45) is 10.7 Å². The summed E-state index contributed by atoms with van der Waals surface area (Å²) >= 11 is 0. The number of nitrogens with zero attached hydrogens (tertiary/aromatic N) is 3. The Morgan fingerprint density at radius 3 is 2.72 bits per heavy atom. The maximum atomic E-state index is 6.00. The van der Waals surface area contributed by atoms with E-state index in [-0.39, 0.29) is 6.02 Å². The summed E-state index contributed by atoms with van der Waals surface area (Å²) in [6, 6.07) is 13.9. The number of hydrogen-bond donors (Lipinski definition) is 1. The lowest BCUT2D eigenvalue weighted by atomic mass is 9.81. The van der Waals surface area contributed by atoms with E-state index in [0.717, 1.165) is 22.3 Å². The fraction of sp³-hybridized carbons (Fsp3) is 0.105. The van der Waals surface area contributed by atoms with Gasteiger partial charge in [0.1, 0.15) is 12.4 Å². The third-order valence-corrected chi connectivity index (χ3v) is 4.57. The number of aromatic nitrogens is 2. The molecule has 6 heteroatoms. The smallest absolute Gasteiger partial charge is 0.283 e. The lowest BCUT2D eigenvalue weighted by molar-refractivity contribution is 0.262. The Morgan fingerprint density at radius 2 is 1.92 bits per heavy atom. The van der Waals surface area contributed by atoms with E-state index in [4.69, 9.17) is 15.2 Å². The second kappa shape index (κ2) is 5.04. The van der Waals surface area contributed by atoms with Crippen LogP contribution < -0.4 is 10.5 Å². The number of fused-ring (bicyclic) bond motifs is 4. The van der Waals surface area contributed by atoms with Crippen LogP contribution in [0.2, 0.25) is 0 Å². The molecule has 0 aliphatic carbocycles. The average Bonchev–Trinajstić information content (AvgIpc) is 3.05. The molecule has 3 aromatic rings. The molecule has 0 saturated carbocycles. The molecule has 4 heterocycles. The molecule has 0 bridgehead atoms. The van der Waals surface area contributed by atoms with Crippen LogP contribution in [0.5, 0.6) is 11.6 Å². The monoisotopic (exact) mass is 330 g/mol. The molecular weight excluding hydrogens is 316 g/mol. The molecule has 1 aromatic carbocycles. The first-order chi connectivity index (χ1) is 12.3. The Balaban J connectivity index is 1.75. The van der Waals surface area contributed by atoms with E-state index >= 15 is 0 Å². The molecule has 122 valence electrons. The fourth-order valence-corrected chi connectivity index (χ4v) is 3.40. The van der Waals surface area contributed by atoms with Crippen LogP contribution in [-0.2, 0) is 10.3 Å². The number of aliphatic imine (C=N–C) groups is 1. The van der Waals surface area contributed by atoms with Crippen molar-refractivity contribution in [1.29, 1.82) is 0 Å². The molecule has 25 heavy (non-hydrogen) atoms. The third kappa shape index (κ3) is 2.00. The lowest BCUT2D eigenvalue weighted by Crippen LogP contribution is -2.31. The molecule has 2 aliphatic rings. The van der Waals surface area contributed by atoms with Gasteiger partial charge < -0.3 is 15.2 Å². The lowest BCUT2D eigenvalue weighted by Gasteiger charge is -2.32. The maximum absolute atomic E-state index is 6.00. The first kappa shape index (κ1) is 14.0. The minimum Gasteiger partial charge on any atom is -0.462 e. The van der Waals surface area contributed by atoms with Crippen molar-refractivity contribution in [3.63, 3.8) is 0 Å². The summed E-state index contributed by atoms with van der Waals surface area (Å²) in [4.78, 5) is 13.2. The highest BCUT2D eigenvalue weighted by Crippen LogP contribution is 2.50. The highest BCUT2D eigenvalue weighted by molar-refractivity contribution is 5.77. The number of hydrogen-bond acceptors (Lipinski definition) is 6. The Bertz CT molecular complexity index is 1000. The zero-order valence-electron chi connectivity index (χ0n) is 13.2. The number of nitrogens with two attached hydrogens (primary N) is 1. The summed E-state index contributed by atoms with van der Waals surface area (Å²) in [6.45, 7) is 0.324. The number of pyridine rings is 2. The van der Waals surface area contributed by atoms with E-state index in [9.17, 15) is 0 Å². The van der Waals surface area contributed by atoms with Gasteiger partial charge in [-0.05, 0) is 35.9 Å². The van der Waals surface area contributed by atoms with E-state index in [2.05, 4.69) is 21.0 Å². The maximum Gasteiger partial charge on any atom is 0.283 e. The number of benzene rings is 1. The second-order valence-electron chi connectivity index (χ2n) is 6.01. The standard InChI is InChI=1S/C19H14N4O2/c20-18-23-19(11-24-18)14-4-2-8-22-17(14)25-16-6-5-12(9-15(16)19)13-3-1-7-21-10-13/h1-10H,11H2,(H2,20,23)/t19-/m1/s1. The molecule has 1 spiro atoms. The van der Waals surface area contributed by atoms with E-state index in [1.807, 2.05) is 42.6 Å². The minimum absolute atomic E-state index is 0.175. The normalized spacial score (nSPS) is 20.2. The minimum atomic E-state index is -0.737. The summed E-state index contributed by atoms with van der Waals surface area (Å²) in [5.41, 5.74) is 8.94. The largest absolute Gasteiger partial charge is 0.462 e. The van der Waals surface area contributed by atoms with Gasteiger partial charge in [0.25, 0.3) is 6.02 Å². The molecule has 0 fully saturated rings. The van der Waals surface area contributed by atoms with Gasteiger partial charge in [-0.2, -0.15) is 0 Å². The van der Waals surface area contributed by atoms with Crippen LogP contribution in [0.15, 0.2) is 66.0 Å². The van der Waals surface area contributed by atoms with Crippen LogP contribution >= 0.6 is 0 Å². The summed E-state index contributed by atoms with van der Waals surface area (Å²) < 4.78 is 11.5. The summed E-state index contributed by atoms with van der Waals surface area (Å²) in [6.07, 6.45) is 5.28. The summed E-state index contributed by atoms with van der Waals surface area (Å²) in [5, 5.41) is 0. The van der Waals surface area contributed by atoms with Crippen LogP contribution in [0.4, 0.5) is 0 Å². The molecule has 1 atom stereocenters. The molecule has 0 saturated heterocycles. The topological polar surface area (TPSA) is 82.6 Å². The molecule has 0 amide bonds. The van der Waals surface area contributed by atoms with Crippen molar-refractivity contribution < 1.29 is 9.47 Å². The van der Waals surface area contributed by atoms with Gasteiger partial charge in [0, 0.05) is 29.7 Å². The number of rotatable bonds is 1. The predicted molar refractivity (Wildman–Crippen MR) is 92.3 cm³/mol. The van der Waals surface area contributed by atoms with Crippen LogP contribution in [-0.4, -0.2) is 22.6 Å². The summed E-state index contributed by atoms with van der Waals surface area (Å²) in [5.74, 6) is 1.24. The van der Waals surface area contributed by atoms with Crippen LogP contribution in [0.3, 0.4) is 0 Å². The van der Waals surface area contributed by atoms with E-state index < -0.39 is 5.54 Å². The van der Waals surface area contributed by atoms with Gasteiger partial charge in [0.05, 0.1) is 5.56 Å². The molecule has 0 unspecified atom stereocenters. The molecule has 2 aliphatic heterocycles. The zero-order valence-corrected chi connectivity index (χ0v) is 13.2. The Morgan fingerprint density at radius 1 is 1.00 bits per heavy atom.